The van der Waals surface area contributed by atoms with Crippen molar-refractivity contribution in [2.24, 2.45) is 5.92 Å². The second-order valence-corrected chi connectivity index (χ2v) is 6.69. The van der Waals surface area contributed by atoms with Crippen LogP contribution >= 0.6 is 23.7 Å². The number of halogens is 1. The lowest BCUT2D eigenvalue weighted by atomic mass is 10.0. The van der Waals surface area contributed by atoms with Crippen LogP contribution in [0.3, 0.4) is 0 Å². The largest absolute Gasteiger partial charge is 0.380 e. The molecule has 5 nitrogen and oxygen atoms in total. The van der Waals surface area contributed by atoms with Gasteiger partial charge in [0.1, 0.15) is 0 Å². The Morgan fingerprint density at radius 3 is 3.13 bits per heavy atom. The van der Waals surface area contributed by atoms with Crippen molar-refractivity contribution in [3.63, 3.8) is 0 Å². The van der Waals surface area contributed by atoms with Gasteiger partial charge in [-0.15, -0.1) is 12.4 Å². The van der Waals surface area contributed by atoms with E-state index in [1.54, 1.807) is 7.11 Å². The molecule has 0 bridgehead atoms. The summed E-state index contributed by atoms with van der Waals surface area (Å²) in [5.41, 5.74) is 1.97. The maximum atomic E-state index is 12.1. The molecule has 1 atom stereocenters. The van der Waals surface area contributed by atoms with Gasteiger partial charge in [-0.05, 0) is 37.9 Å². The molecule has 1 aliphatic rings. The second-order valence-electron chi connectivity index (χ2n) is 5.66. The van der Waals surface area contributed by atoms with Gasteiger partial charge in [0, 0.05) is 19.1 Å². The first-order valence-electron chi connectivity index (χ1n) is 7.64. The average Bonchev–Trinajstić information content (AvgIpc) is 3.14. The Hall–Kier alpha value is -1.21. The molecule has 1 aromatic heterocycles. The van der Waals surface area contributed by atoms with Crippen LogP contribution in [0.2, 0.25) is 0 Å². The Morgan fingerprint density at radius 1 is 1.52 bits per heavy atom. The lowest BCUT2D eigenvalue weighted by Gasteiger charge is -2.06. The maximum Gasteiger partial charge on any atom is 0.226 e. The molecular formula is C16H22ClN3O2S. The number of carbonyl (C=O) groups is 1. The number of anilines is 1. The molecule has 1 amide bonds. The molecule has 2 heterocycles. The fourth-order valence-corrected chi connectivity index (χ4v) is 3.74. The van der Waals surface area contributed by atoms with Crippen molar-refractivity contribution < 1.29 is 9.53 Å². The van der Waals surface area contributed by atoms with Gasteiger partial charge in [-0.2, -0.15) is 0 Å². The normalized spacial score (nSPS) is 17.2. The standard InChI is InChI=1S/C16H21N3O2S.ClH/c1-21-10-12-3-2-4-13-15(12)19-16(22-13)18-14(20)6-5-11-7-8-17-9-11;/h2-4,11,17H,5-10H2,1H3,(H,18,19,20);1H. The quantitative estimate of drug-likeness (QED) is 0.835. The van der Waals surface area contributed by atoms with Gasteiger partial charge in [-0.3, -0.25) is 4.79 Å². The van der Waals surface area contributed by atoms with E-state index in [2.05, 4.69) is 15.6 Å². The van der Waals surface area contributed by atoms with Crippen LogP contribution in [-0.2, 0) is 16.1 Å². The minimum atomic E-state index is 0. The summed E-state index contributed by atoms with van der Waals surface area (Å²) in [6.07, 6.45) is 2.68. The van der Waals surface area contributed by atoms with E-state index in [1.165, 1.54) is 17.8 Å². The number of methoxy groups -OCH3 is 1. The summed E-state index contributed by atoms with van der Waals surface area (Å²) in [5.74, 6) is 0.689. The highest BCUT2D eigenvalue weighted by Gasteiger charge is 2.16. The van der Waals surface area contributed by atoms with Crippen LogP contribution in [0.15, 0.2) is 18.2 Å². The molecule has 1 aromatic carbocycles. The van der Waals surface area contributed by atoms with Gasteiger partial charge in [-0.1, -0.05) is 23.5 Å². The number of amides is 1. The first kappa shape index (κ1) is 18.1. The van der Waals surface area contributed by atoms with Gasteiger partial charge in [-0.25, -0.2) is 4.98 Å². The van der Waals surface area contributed by atoms with Crippen molar-refractivity contribution in [2.45, 2.75) is 25.9 Å². The smallest absolute Gasteiger partial charge is 0.226 e. The van der Waals surface area contributed by atoms with E-state index in [0.29, 0.717) is 24.1 Å². The Labute approximate surface area is 146 Å². The molecule has 1 unspecified atom stereocenters. The number of rotatable bonds is 6. The van der Waals surface area contributed by atoms with E-state index in [9.17, 15) is 4.79 Å². The first-order valence-corrected chi connectivity index (χ1v) is 8.46. The number of nitrogens with zero attached hydrogens (tertiary/aromatic N) is 1. The summed E-state index contributed by atoms with van der Waals surface area (Å²) >= 11 is 1.51. The summed E-state index contributed by atoms with van der Waals surface area (Å²) in [7, 11) is 1.67. The van der Waals surface area contributed by atoms with E-state index in [1.807, 2.05) is 18.2 Å². The summed E-state index contributed by atoms with van der Waals surface area (Å²) in [6, 6.07) is 6.02. The van der Waals surface area contributed by atoms with Gasteiger partial charge >= 0.3 is 0 Å². The maximum absolute atomic E-state index is 12.1. The number of carbonyl (C=O) groups excluding carboxylic acids is 1. The van der Waals surface area contributed by atoms with Gasteiger partial charge in [0.05, 0.1) is 16.8 Å². The predicted octanol–water partition coefficient (Wildman–Crippen LogP) is 3.19. The molecule has 0 radical (unpaired) electrons. The third kappa shape index (κ3) is 4.64. The topological polar surface area (TPSA) is 63.2 Å². The molecule has 0 saturated carbocycles. The van der Waals surface area contributed by atoms with E-state index in [0.717, 1.165) is 35.3 Å². The molecule has 1 saturated heterocycles. The van der Waals surface area contributed by atoms with Gasteiger partial charge < -0.3 is 15.4 Å². The van der Waals surface area contributed by atoms with E-state index in [-0.39, 0.29) is 18.3 Å². The summed E-state index contributed by atoms with van der Waals surface area (Å²) < 4.78 is 6.27. The number of para-hydroxylation sites is 1. The molecule has 0 aliphatic carbocycles. The highest BCUT2D eigenvalue weighted by molar-refractivity contribution is 7.22. The zero-order valence-corrected chi connectivity index (χ0v) is 14.8. The van der Waals surface area contributed by atoms with Gasteiger partial charge in [0.15, 0.2) is 5.13 Å². The monoisotopic (exact) mass is 355 g/mol. The molecule has 0 spiro atoms. The molecule has 2 N–H and O–H groups in total. The van der Waals surface area contributed by atoms with Gasteiger partial charge in [0.2, 0.25) is 5.91 Å². The Kier molecular flexibility index (Phi) is 6.77. The number of fused-ring (bicyclic) bond motifs is 1. The third-order valence-corrected chi connectivity index (χ3v) is 4.93. The predicted molar refractivity (Wildman–Crippen MR) is 96.4 cm³/mol. The second kappa shape index (κ2) is 8.59. The number of ether oxygens (including phenoxy) is 1. The summed E-state index contributed by atoms with van der Waals surface area (Å²) in [4.78, 5) is 16.6. The molecular weight excluding hydrogens is 334 g/mol. The summed E-state index contributed by atoms with van der Waals surface area (Å²) in [5, 5.41) is 6.93. The zero-order valence-electron chi connectivity index (χ0n) is 13.1. The molecule has 1 aliphatic heterocycles. The molecule has 2 aromatic rings. The van der Waals surface area contributed by atoms with Gasteiger partial charge in [0.25, 0.3) is 0 Å². The number of aromatic nitrogens is 1. The summed E-state index contributed by atoms with van der Waals surface area (Å²) in [6.45, 7) is 2.64. The molecule has 1 fully saturated rings. The highest BCUT2D eigenvalue weighted by atomic mass is 35.5. The van der Waals surface area contributed by atoms with Crippen molar-refractivity contribution in [3.05, 3.63) is 23.8 Å². The molecule has 23 heavy (non-hydrogen) atoms. The highest BCUT2D eigenvalue weighted by Crippen LogP contribution is 2.29. The first-order chi connectivity index (χ1) is 10.8. The van der Waals surface area contributed by atoms with Crippen molar-refractivity contribution in [1.29, 1.82) is 0 Å². The average molecular weight is 356 g/mol. The van der Waals surface area contributed by atoms with E-state index < -0.39 is 0 Å². The van der Waals surface area contributed by atoms with Crippen LogP contribution in [-0.4, -0.2) is 31.1 Å². The van der Waals surface area contributed by atoms with Crippen LogP contribution in [0.4, 0.5) is 5.13 Å². The zero-order chi connectivity index (χ0) is 15.4. The van der Waals surface area contributed by atoms with E-state index >= 15 is 0 Å². The minimum absolute atomic E-state index is 0. The Bertz CT molecular complexity index is 656. The fourth-order valence-electron chi connectivity index (χ4n) is 2.81. The SMILES string of the molecule is COCc1cccc2sc(NC(=O)CCC3CCNC3)nc12.Cl. The van der Waals surface area contributed by atoms with E-state index in [4.69, 9.17) is 4.74 Å². The van der Waals surface area contributed by atoms with Crippen molar-refractivity contribution in [3.8, 4) is 0 Å². The number of hydrogen-bond donors (Lipinski definition) is 2. The third-order valence-electron chi connectivity index (χ3n) is 3.99. The lowest BCUT2D eigenvalue weighted by Crippen LogP contribution is -2.14. The van der Waals surface area contributed by atoms with Crippen molar-refractivity contribution in [1.82, 2.24) is 10.3 Å². The fraction of sp³-hybridized carbons (Fsp3) is 0.500. The van der Waals surface area contributed by atoms with Crippen LogP contribution in [0.25, 0.3) is 10.2 Å². The van der Waals surface area contributed by atoms with Crippen LogP contribution < -0.4 is 10.6 Å². The number of hydrogen-bond acceptors (Lipinski definition) is 5. The number of thiazole rings is 1. The molecule has 3 rings (SSSR count). The van der Waals surface area contributed by atoms with Crippen LogP contribution in [0, 0.1) is 5.92 Å². The van der Waals surface area contributed by atoms with Crippen LogP contribution in [0.5, 0.6) is 0 Å². The number of nitrogens with one attached hydrogen (secondary N) is 2. The Balaban J connectivity index is 0.00000192. The van der Waals surface area contributed by atoms with Crippen molar-refractivity contribution >= 4 is 45.0 Å². The van der Waals surface area contributed by atoms with Crippen LogP contribution in [0.1, 0.15) is 24.8 Å². The lowest BCUT2D eigenvalue weighted by molar-refractivity contribution is -0.116. The minimum Gasteiger partial charge on any atom is -0.380 e. The molecule has 7 heteroatoms. The number of benzene rings is 1. The van der Waals surface area contributed by atoms with Crippen molar-refractivity contribution in [2.75, 3.05) is 25.5 Å². The Morgan fingerprint density at radius 2 is 2.39 bits per heavy atom. The molecule has 126 valence electrons.